The Bertz CT molecular complexity index is 165. The minimum absolute atomic E-state index is 0.180. The Morgan fingerprint density at radius 2 is 2.20 bits per heavy atom. The maximum Gasteiger partial charge on any atom is 0.321 e. The first-order valence-electron chi connectivity index (χ1n) is 2.77. The highest BCUT2D eigenvalue weighted by molar-refractivity contribution is 8.70. The van der Waals surface area contributed by atoms with Crippen molar-refractivity contribution in [1.29, 1.82) is 0 Å². The standard InChI is InChI=1S/C4H11NO3S2/c1-9-10(6,7)8-4-2-3-5/h2-5H2,1H3. The first kappa shape index (κ1) is 10.2. The second-order valence-electron chi connectivity index (χ2n) is 1.54. The van der Waals surface area contributed by atoms with Crippen molar-refractivity contribution in [2.45, 2.75) is 6.42 Å². The molecule has 0 radical (unpaired) electrons. The lowest BCUT2D eigenvalue weighted by Gasteiger charge is -1.99. The van der Waals surface area contributed by atoms with Gasteiger partial charge in [0.15, 0.2) is 0 Å². The van der Waals surface area contributed by atoms with Crippen molar-refractivity contribution in [2.75, 3.05) is 19.4 Å². The molecule has 0 aliphatic carbocycles. The lowest BCUT2D eigenvalue weighted by molar-refractivity contribution is 0.325. The van der Waals surface area contributed by atoms with Crippen LogP contribution in [0.4, 0.5) is 0 Å². The van der Waals surface area contributed by atoms with Crippen LogP contribution in [0, 0.1) is 0 Å². The third-order valence-electron chi connectivity index (χ3n) is 0.780. The highest BCUT2D eigenvalue weighted by Crippen LogP contribution is 2.08. The summed E-state index contributed by atoms with van der Waals surface area (Å²) >= 11 is 0. The molecule has 0 saturated heterocycles. The van der Waals surface area contributed by atoms with Gasteiger partial charge in [-0.2, -0.15) is 8.42 Å². The molecule has 0 aliphatic rings. The molecule has 0 amide bonds. The summed E-state index contributed by atoms with van der Waals surface area (Å²) in [4.78, 5) is 0. The van der Waals surface area contributed by atoms with Crippen LogP contribution in [0.1, 0.15) is 6.42 Å². The van der Waals surface area contributed by atoms with Crippen LogP contribution < -0.4 is 5.73 Å². The fourth-order valence-electron chi connectivity index (χ4n) is 0.292. The van der Waals surface area contributed by atoms with E-state index < -0.39 is 9.15 Å². The van der Waals surface area contributed by atoms with E-state index in [4.69, 9.17) is 5.73 Å². The van der Waals surface area contributed by atoms with Gasteiger partial charge in [0, 0.05) is 0 Å². The summed E-state index contributed by atoms with van der Waals surface area (Å²) in [5.41, 5.74) is 5.12. The third-order valence-corrected chi connectivity index (χ3v) is 3.16. The van der Waals surface area contributed by atoms with E-state index in [2.05, 4.69) is 4.18 Å². The monoisotopic (exact) mass is 185 g/mol. The van der Waals surface area contributed by atoms with Crippen molar-refractivity contribution in [2.24, 2.45) is 5.73 Å². The van der Waals surface area contributed by atoms with E-state index in [1.165, 1.54) is 6.26 Å². The second-order valence-corrected chi connectivity index (χ2v) is 5.15. The van der Waals surface area contributed by atoms with E-state index in [9.17, 15) is 8.42 Å². The molecule has 0 atom stereocenters. The number of hydrogen-bond donors (Lipinski definition) is 1. The van der Waals surface area contributed by atoms with Crippen LogP contribution in [0.3, 0.4) is 0 Å². The van der Waals surface area contributed by atoms with E-state index in [0.29, 0.717) is 23.8 Å². The molecule has 62 valence electrons. The van der Waals surface area contributed by atoms with Crippen molar-refractivity contribution in [3.8, 4) is 0 Å². The summed E-state index contributed by atoms with van der Waals surface area (Å²) in [6.07, 6.45) is 2.03. The summed E-state index contributed by atoms with van der Waals surface area (Å²) in [5, 5.41) is 0. The fourth-order valence-corrected chi connectivity index (χ4v) is 1.20. The number of rotatable bonds is 5. The molecule has 0 rings (SSSR count). The zero-order chi connectivity index (χ0) is 8.04. The molecule has 0 aromatic carbocycles. The highest BCUT2D eigenvalue weighted by atomic mass is 33.1. The first-order valence-corrected chi connectivity index (χ1v) is 5.92. The number of hydrogen-bond acceptors (Lipinski definition) is 5. The van der Waals surface area contributed by atoms with Gasteiger partial charge in [-0.25, -0.2) is 0 Å². The molecule has 2 N–H and O–H groups in total. The van der Waals surface area contributed by atoms with Gasteiger partial charge in [-0.1, -0.05) is 0 Å². The Morgan fingerprint density at radius 3 is 2.60 bits per heavy atom. The van der Waals surface area contributed by atoms with Gasteiger partial charge >= 0.3 is 9.15 Å². The zero-order valence-corrected chi connectivity index (χ0v) is 7.37. The van der Waals surface area contributed by atoms with Gasteiger partial charge in [-0.3, -0.25) is 4.18 Å². The molecule has 0 bridgehead atoms. The van der Waals surface area contributed by atoms with Crippen molar-refractivity contribution >= 4 is 19.9 Å². The predicted molar refractivity (Wildman–Crippen MR) is 42.1 cm³/mol. The first-order chi connectivity index (χ1) is 4.62. The highest BCUT2D eigenvalue weighted by Gasteiger charge is 2.06. The Balaban J connectivity index is 3.49. The Hall–Kier alpha value is 0.220. The van der Waals surface area contributed by atoms with Crippen molar-refractivity contribution < 1.29 is 12.6 Å². The minimum atomic E-state index is -3.33. The van der Waals surface area contributed by atoms with Crippen LogP contribution in [0.15, 0.2) is 0 Å². The lowest BCUT2D eigenvalue weighted by Crippen LogP contribution is -2.07. The molecule has 4 nitrogen and oxygen atoms in total. The molecule has 0 fully saturated rings. The van der Waals surface area contributed by atoms with Crippen LogP contribution in [0.2, 0.25) is 0 Å². The van der Waals surface area contributed by atoms with Gasteiger partial charge in [0.1, 0.15) is 0 Å². The van der Waals surface area contributed by atoms with Crippen LogP contribution >= 0.6 is 10.8 Å². The number of nitrogens with two attached hydrogens (primary N) is 1. The normalized spacial score (nSPS) is 11.8. The Kier molecular flexibility index (Phi) is 5.06. The van der Waals surface area contributed by atoms with E-state index in [-0.39, 0.29) is 6.61 Å². The van der Waals surface area contributed by atoms with Crippen molar-refractivity contribution in [3.05, 3.63) is 0 Å². The summed E-state index contributed by atoms with van der Waals surface area (Å²) in [5.74, 6) is 0. The topological polar surface area (TPSA) is 69.4 Å². The summed E-state index contributed by atoms with van der Waals surface area (Å²) < 4.78 is 25.6. The molecule has 0 heterocycles. The van der Waals surface area contributed by atoms with Gasteiger partial charge in [-0.15, -0.1) is 0 Å². The predicted octanol–water partition coefficient (Wildman–Crippen LogP) is -0.0404. The molecular formula is C4H11NO3S2. The van der Waals surface area contributed by atoms with E-state index in [1.807, 2.05) is 0 Å². The van der Waals surface area contributed by atoms with Crippen LogP contribution in [-0.2, 0) is 13.3 Å². The van der Waals surface area contributed by atoms with Gasteiger partial charge < -0.3 is 5.73 Å². The molecule has 6 heteroatoms. The lowest BCUT2D eigenvalue weighted by atomic mass is 10.5. The van der Waals surface area contributed by atoms with Crippen molar-refractivity contribution in [3.63, 3.8) is 0 Å². The maximum absolute atomic E-state index is 10.6. The molecular weight excluding hydrogens is 174 g/mol. The van der Waals surface area contributed by atoms with E-state index in [1.54, 1.807) is 0 Å². The van der Waals surface area contributed by atoms with Crippen LogP contribution in [0.25, 0.3) is 0 Å². The molecule has 0 aromatic heterocycles. The van der Waals surface area contributed by atoms with E-state index >= 15 is 0 Å². The summed E-state index contributed by atoms with van der Waals surface area (Å²) in [6.45, 7) is 0.629. The van der Waals surface area contributed by atoms with Crippen LogP contribution in [-0.4, -0.2) is 27.8 Å². The Morgan fingerprint density at radius 1 is 1.60 bits per heavy atom. The third kappa shape index (κ3) is 5.04. The minimum Gasteiger partial charge on any atom is -0.330 e. The molecule has 0 spiro atoms. The van der Waals surface area contributed by atoms with Crippen molar-refractivity contribution in [1.82, 2.24) is 0 Å². The second kappa shape index (κ2) is 4.95. The molecule has 0 aromatic rings. The summed E-state index contributed by atoms with van der Waals surface area (Å²) in [6, 6.07) is 0. The Labute approximate surface area is 64.6 Å². The largest absolute Gasteiger partial charge is 0.330 e. The fraction of sp³-hybridized carbons (Fsp3) is 1.00. The molecule has 10 heavy (non-hydrogen) atoms. The molecule has 0 unspecified atom stereocenters. The van der Waals surface area contributed by atoms with E-state index in [0.717, 1.165) is 0 Å². The quantitative estimate of drug-likeness (QED) is 0.481. The van der Waals surface area contributed by atoms with Gasteiger partial charge in [0.25, 0.3) is 0 Å². The molecule has 0 aliphatic heterocycles. The maximum atomic E-state index is 10.6. The average Bonchev–Trinajstić information content (AvgIpc) is 1.89. The van der Waals surface area contributed by atoms with Gasteiger partial charge in [-0.05, 0) is 30.0 Å². The smallest absolute Gasteiger partial charge is 0.321 e. The molecule has 0 saturated carbocycles. The summed E-state index contributed by atoms with van der Waals surface area (Å²) in [7, 11) is -2.64. The SMILES string of the molecule is CSS(=O)(=O)OCCCN. The van der Waals surface area contributed by atoms with Gasteiger partial charge in [0.05, 0.1) is 6.61 Å². The zero-order valence-electron chi connectivity index (χ0n) is 5.74. The average molecular weight is 185 g/mol. The van der Waals surface area contributed by atoms with Crippen LogP contribution in [0.5, 0.6) is 0 Å². The van der Waals surface area contributed by atoms with Gasteiger partial charge in [0.2, 0.25) is 0 Å².